The standard InChI is InChI=1S/C19H19NO4/c1-19(2,3)20-17(22)14-8-4-12(5-9-14)16(21)13-6-10-15(11-7-13)18(23)24/h4-11H,1-3H3,(H,20,22)(H,23,24). The van der Waals surface area contributed by atoms with Crippen LogP contribution in [0.3, 0.4) is 0 Å². The van der Waals surface area contributed by atoms with Gasteiger partial charge in [-0.05, 0) is 45.0 Å². The molecule has 2 aromatic rings. The average Bonchev–Trinajstić information content (AvgIpc) is 2.53. The predicted molar refractivity (Wildman–Crippen MR) is 90.5 cm³/mol. The van der Waals surface area contributed by atoms with Gasteiger partial charge in [-0.25, -0.2) is 4.79 Å². The number of aromatic carboxylic acids is 1. The summed E-state index contributed by atoms with van der Waals surface area (Å²) in [6.07, 6.45) is 0. The van der Waals surface area contributed by atoms with Crippen molar-refractivity contribution in [1.29, 1.82) is 0 Å². The maximum Gasteiger partial charge on any atom is 0.335 e. The minimum absolute atomic E-state index is 0.126. The SMILES string of the molecule is CC(C)(C)NC(=O)c1ccc(C(=O)c2ccc(C(=O)O)cc2)cc1. The van der Waals surface area contributed by atoms with Crippen LogP contribution in [-0.4, -0.2) is 28.3 Å². The van der Waals surface area contributed by atoms with Gasteiger partial charge in [0.15, 0.2) is 5.78 Å². The summed E-state index contributed by atoms with van der Waals surface area (Å²) >= 11 is 0. The van der Waals surface area contributed by atoms with Crippen LogP contribution in [0, 0.1) is 0 Å². The molecule has 24 heavy (non-hydrogen) atoms. The Labute approximate surface area is 140 Å². The first-order valence-electron chi connectivity index (χ1n) is 7.48. The van der Waals surface area contributed by atoms with Gasteiger partial charge in [0.25, 0.3) is 5.91 Å². The molecule has 5 nitrogen and oxygen atoms in total. The van der Waals surface area contributed by atoms with E-state index in [1.54, 1.807) is 24.3 Å². The molecular formula is C19H19NO4. The van der Waals surface area contributed by atoms with Gasteiger partial charge in [-0.3, -0.25) is 9.59 Å². The molecule has 0 bridgehead atoms. The number of hydrogen-bond donors (Lipinski definition) is 2. The topological polar surface area (TPSA) is 83.5 Å². The number of carboxylic acid groups (broad SMARTS) is 1. The minimum atomic E-state index is -1.04. The highest BCUT2D eigenvalue weighted by atomic mass is 16.4. The summed E-state index contributed by atoms with van der Waals surface area (Å²) in [7, 11) is 0. The molecule has 1 amide bonds. The van der Waals surface area contributed by atoms with Gasteiger partial charge in [0.1, 0.15) is 0 Å². The van der Waals surface area contributed by atoms with Crippen LogP contribution in [0.5, 0.6) is 0 Å². The molecule has 0 spiro atoms. The molecule has 0 saturated heterocycles. The Balaban J connectivity index is 2.16. The summed E-state index contributed by atoms with van der Waals surface area (Å²) in [4.78, 5) is 35.3. The molecule has 0 aliphatic heterocycles. The van der Waals surface area contributed by atoms with E-state index in [0.29, 0.717) is 16.7 Å². The average molecular weight is 325 g/mol. The number of rotatable bonds is 4. The van der Waals surface area contributed by atoms with Crippen LogP contribution in [0.25, 0.3) is 0 Å². The van der Waals surface area contributed by atoms with E-state index in [1.165, 1.54) is 24.3 Å². The zero-order valence-corrected chi connectivity index (χ0v) is 13.8. The van der Waals surface area contributed by atoms with Crippen LogP contribution < -0.4 is 5.32 Å². The zero-order chi connectivity index (χ0) is 17.9. The zero-order valence-electron chi connectivity index (χ0n) is 13.8. The number of nitrogens with one attached hydrogen (secondary N) is 1. The predicted octanol–water partition coefficient (Wildman–Crippen LogP) is 3.14. The van der Waals surface area contributed by atoms with Crippen molar-refractivity contribution in [3.8, 4) is 0 Å². The summed E-state index contributed by atoms with van der Waals surface area (Å²) in [5.41, 5.74) is 1.10. The van der Waals surface area contributed by atoms with Gasteiger partial charge in [-0.15, -0.1) is 0 Å². The number of carboxylic acids is 1. The lowest BCUT2D eigenvalue weighted by Crippen LogP contribution is -2.40. The molecule has 2 aromatic carbocycles. The fourth-order valence-electron chi connectivity index (χ4n) is 2.12. The normalized spacial score (nSPS) is 11.0. The van der Waals surface area contributed by atoms with Crippen LogP contribution in [0.1, 0.15) is 57.4 Å². The smallest absolute Gasteiger partial charge is 0.335 e. The lowest BCUT2D eigenvalue weighted by molar-refractivity contribution is 0.0696. The van der Waals surface area contributed by atoms with Crippen molar-refractivity contribution in [2.24, 2.45) is 0 Å². The second-order valence-electron chi connectivity index (χ2n) is 6.49. The van der Waals surface area contributed by atoms with Crippen molar-refractivity contribution >= 4 is 17.7 Å². The Kier molecular flexibility index (Phi) is 4.83. The van der Waals surface area contributed by atoms with Crippen LogP contribution in [0.4, 0.5) is 0 Å². The van der Waals surface area contributed by atoms with E-state index in [1.807, 2.05) is 20.8 Å². The van der Waals surface area contributed by atoms with Crippen molar-refractivity contribution < 1.29 is 19.5 Å². The van der Waals surface area contributed by atoms with Crippen molar-refractivity contribution in [3.05, 3.63) is 70.8 Å². The molecule has 2 N–H and O–H groups in total. The maximum absolute atomic E-state index is 12.4. The van der Waals surface area contributed by atoms with Gasteiger partial charge in [0.05, 0.1) is 5.56 Å². The molecular weight excluding hydrogens is 306 g/mol. The van der Waals surface area contributed by atoms with Gasteiger partial charge in [0.2, 0.25) is 0 Å². The van der Waals surface area contributed by atoms with E-state index in [9.17, 15) is 14.4 Å². The molecule has 0 heterocycles. The summed E-state index contributed by atoms with van der Waals surface area (Å²) in [5, 5.41) is 11.7. The molecule has 0 fully saturated rings. The Morgan fingerprint density at radius 1 is 0.750 bits per heavy atom. The summed E-state index contributed by atoms with van der Waals surface area (Å²) in [6, 6.07) is 12.1. The molecule has 5 heteroatoms. The van der Waals surface area contributed by atoms with Gasteiger partial charge in [-0.1, -0.05) is 24.3 Å². The van der Waals surface area contributed by atoms with Crippen molar-refractivity contribution in [2.45, 2.75) is 26.3 Å². The van der Waals surface area contributed by atoms with E-state index >= 15 is 0 Å². The lowest BCUT2D eigenvalue weighted by Gasteiger charge is -2.20. The van der Waals surface area contributed by atoms with E-state index in [2.05, 4.69) is 5.32 Å². The fraction of sp³-hybridized carbons (Fsp3) is 0.211. The second-order valence-corrected chi connectivity index (χ2v) is 6.49. The Hall–Kier alpha value is -2.95. The largest absolute Gasteiger partial charge is 0.478 e. The molecule has 0 saturated carbocycles. The first-order chi connectivity index (χ1) is 11.2. The van der Waals surface area contributed by atoms with Crippen LogP contribution in [-0.2, 0) is 0 Å². The van der Waals surface area contributed by atoms with Gasteiger partial charge in [-0.2, -0.15) is 0 Å². The first-order valence-corrected chi connectivity index (χ1v) is 7.48. The first kappa shape index (κ1) is 17.4. The number of hydrogen-bond acceptors (Lipinski definition) is 3. The van der Waals surface area contributed by atoms with Crippen molar-refractivity contribution in [1.82, 2.24) is 5.32 Å². The molecule has 0 unspecified atom stereocenters. The van der Waals surface area contributed by atoms with E-state index in [0.717, 1.165) is 0 Å². The Morgan fingerprint density at radius 2 is 1.12 bits per heavy atom. The number of carbonyl (C=O) groups excluding carboxylic acids is 2. The fourth-order valence-corrected chi connectivity index (χ4v) is 2.12. The summed E-state index contributed by atoms with van der Waals surface area (Å²) in [6.45, 7) is 5.68. The summed E-state index contributed by atoms with van der Waals surface area (Å²) < 4.78 is 0. The van der Waals surface area contributed by atoms with Gasteiger partial charge < -0.3 is 10.4 Å². The number of carbonyl (C=O) groups is 3. The Morgan fingerprint density at radius 3 is 1.50 bits per heavy atom. The highest BCUT2D eigenvalue weighted by molar-refractivity contribution is 6.09. The highest BCUT2D eigenvalue weighted by Crippen LogP contribution is 2.13. The van der Waals surface area contributed by atoms with Gasteiger partial charge >= 0.3 is 5.97 Å². The Bertz CT molecular complexity index is 769. The molecule has 0 aliphatic rings. The van der Waals surface area contributed by atoms with Crippen LogP contribution in [0.15, 0.2) is 48.5 Å². The van der Waals surface area contributed by atoms with E-state index in [4.69, 9.17) is 5.11 Å². The van der Waals surface area contributed by atoms with E-state index in [-0.39, 0.29) is 22.8 Å². The third-order valence-electron chi connectivity index (χ3n) is 3.29. The molecule has 0 aliphatic carbocycles. The molecule has 0 aromatic heterocycles. The van der Waals surface area contributed by atoms with Crippen LogP contribution in [0.2, 0.25) is 0 Å². The number of amides is 1. The van der Waals surface area contributed by atoms with Crippen LogP contribution >= 0.6 is 0 Å². The monoisotopic (exact) mass is 325 g/mol. The quantitative estimate of drug-likeness (QED) is 0.846. The molecule has 124 valence electrons. The lowest BCUT2D eigenvalue weighted by atomic mass is 10.0. The summed E-state index contributed by atoms with van der Waals surface area (Å²) in [5.74, 6) is -1.47. The number of ketones is 1. The maximum atomic E-state index is 12.4. The number of benzene rings is 2. The molecule has 2 rings (SSSR count). The third kappa shape index (κ3) is 4.29. The second kappa shape index (κ2) is 6.66. The minimum Gasteiger partial charge on any atom is -0.478 e. The van der Waals surface area contributed by atoms with E-state index < -0.39 is 5.97 Å². The third-order valence-corrected chi connectivity index (χ3v) is 3.29. The van der Waals surface area contributed by atoms with Crippen molar-refractivity contribution in [3.63, 3.8) is 0 Å². The molecule has 0 radical (unpaired) electrons. The molecule has 0 atom stereocenters. The van der Waals surface area contributed by atoms with Crippen molar-refractivity contribution in [2.75, 3.05) is 0 Å². The highest BCUT2D eigenvalue weighted by Gasteiger charge is 2.16. The van der Waals surface area contributed by atoms with Gasteiger partial charge in [0, 0.05) is 22.2 Å².